The highest BCUT2D eigenvalue weighted by Crippen LogP contribution is 2.36. The molecule has 158 valence electrons. The smallest absolute Gasteiger partial charge is 0.338 e. The van der Waals surface area contributed by atoms with Crippen LogP contribution in [-0.4, -0.2) is 33.4 Å². The molecule has 2 aromatic heterocycles. The Hall–Kier alpha value is -2.79. The van der Waals surface area contributed by atoms with Crippen molar-refractivity contribution in [1.29, 1.82) is 0 Å². The first-order valence-electron chi connectivity index (χ1n) is 9.17. The van der Waals surface area contributed by atoms with Gasteiger partial charge in [-0.2, -0.15) is 0 Å². The lowest BCUT2D eigenvalue weighted by Gasteiger charge is -2.28. The summed E-state index contributed by atoms with van der Waals surface area (Å²) in [5, 5.41) is 3.39. The van der Waals surface area contributed by atoms with Gasteiger partial charge in [0.15, 0.2) is 9.67 Å². The summed E-state index contributed by atoms with van der Waals surface area (Å²) in [6.07, 6.45) is 5.12. The summed E-state index contributed by atoms with van der Waals surface area (Å²) >= 11 is 8.46. The molecule has 0 bridgehead atoms. The number of hydrogen-bond donors (Lipinski definition) is 1. The molecule has 0 amide bonds. The fourth-order valence-electron chi connectivity index (χ4n) is 3.25. The zero-order valence-electron chi connectivity index (χ0n) is 16.2. The third kappa shape index (κ3) is 4.47. The largest absolute Gasteiger partial charge is 0.466 e. The summed E-state index contributed by atoms with van der Waals surface area (Å²) in [5.74, 6) is -0.580. The number of imidazole rings is 1. The molecular formula is C21H16ClFIN5O2. The SMILES string of the molecule is COC(=O)C1=C(Cn2ccnc2I)NC(c2ccccn2)=NC1c1ccc(F)cc1Cl. The third-order valence-corrected chi connectivity index (χ3v) is 5.91. The molecule has 4 rings (SSSR count). The Morgan fingerprint density at radius 1 is 1.29 bits per heavy atom. The van der Waals surface area contributed by atoms with Crippen LogP contribution in [-0.2, 0) is 16.1 Å². The van der Waals surface area contributed by atoms with E-state index >= 15 is 0 Å². The number of ether oxygens (including phenoxy) is 1. The van der Waals surface area contributed by atoms with Crippen molar-refractivity contribution in [3.8, 4) is 0 Å². The predicted molar refractivity (Wildman–Crippen MR) is 122 cm³/mol. The average Bonchev–Trinajstić information content (AvgIpc) is 3.17. The number of aliphatic imine (C=N–C) groups is 1. The molecule has 1 N–H and O–H groups in total. The Morgan fingerprint density at radius 2 is 2.13 bits per heavy atom. The summed E-state index contributed by atoms with van der Waals surface area (Å²) in [5.41, 5.74) is 1.91. The summed E-state index contributed by atoms with van der Waals surface area (Å²) < 4.78 is 21.4. The third-order valence-electron chi connectivity index (χ3n) is 4.69. The molecule has 0 spiro atoms. The van der Waals surface area contributed by atoms with Gasteiger partial charge in [-0.25, -0.2) is 14.2 Å². The topological polar surface area (TPSA) is 81.4 Å². The van der Waals surface area contributed by atoms with Gasteiger partial charge in [-0.05, 0) is 46.9 Å². The first kappa shape index (κ1) is 21.4. The maximum absolute atomic E-state index is 13.7. The standard InChI is InChI=1S/C21H16ClFIN5O2/c1-31-20(30)17-16(11-29-9-8-26-21(29)24)27-19(15-4-2-3-7-25-15)28-18(17)13-6-5-12(23)10-14(13)22/h2-10,18H,11H2,1H3,(H,27,28). The zero-order chi connectivity index (χ0) is 22.0. The van der Waals surface area contributed by atoms with Gasteiger partial charge >= 0.3 is 5.97 Å². The van der Waals surface area contributed by atoms with Crippen LogP contribution in [0.1, 0.15) is 17.3 Å². The number of carbonyl (C=O) groups is 1. The van der Waals surface area contributed by atoms with E-state index in [1.807, 2.05) is 10.6 Å². The van der Waals surface area contributed by atoms with Gasteiger partial charge in [0.05, 0.1) is 19.2 Å². The maximum atomic E-state index is 13.7. The normalized spacial score (nSPS) is 16.0. The Labute approximate surface area is 196 Å². The van der Waals surface area contributed by atoms with E-state index in [2.05, 4.69) is 37.9 Å². The van der Waals surface area contributed by atoms with Crippen LogP contribution in [0.15, 0.2) is 71.3 Å². The molecule has 0 saturated heterocycles. The lowest BCUT2D eigenvalue weighted by Crippen LogP contribution is -2.36. The van der Waals surface area contributed by atoms with E-state index in [1.54, 1.807) is 30.7 Å². The Morgan fingerprint density at radius 3 is 2.77 bits per heavy atom. The molecule has 0 saturated carbocycles. The Bertz CT molecular complexity index is 1200. The lowest BCUT2D eigenvalue weighted by atomic mass is 9.95. The van der Waals surface area contributed by atoms with E-state index in [0.29, 0.717) is 29.3 Å². The van der Waals surface area contributed by atoms with Crippen molar-refractivity contribution in [3.63, 3.8) is 0 Å². The fourth-order valence-corrected chi connectivity index (χ4v) is 4.01. The molecule has 7 nitrogen and oxygen atoms in total. The monoisotopic (exact) mass is 551 g/mol. The van der Waals surface area contributed by atoms with E-state index in [4.69, 9.17) is 21.3 Å². The minimum absolute atomic E-state index is 0.161. The molecule has 1 atom stereocenters. The number of aromatic nitrogens is 3. The molecule has 1 aromatic carbocycles. The second kappa shape index (κ2) is 9.15. The number of nitrogens with zero attached hydrogens (tertiary/aromatic N) is 4. The maximum Gasteiger partial charge on any atom is 0.338 e. The van der Waals surface area contributed by atoms with E-state index in [9.17, 15) is 9.18 Å². The van der Waals surface area contributed by atoms with Crippen LogP contribution >= 0.6 is 34.2 Å². The fraction of sp³-hybridized carbons (Fsp3) is 0.143. The summed E-state index contributed by atoms with van der Waals surface area (Å²) in [7, 11) is 1.30. The number of amidine groups is 1. The summed E-state index contributed by atoms with van der Waals surface area (Å²) in [4.78, 5) is 26.2. The van der Waals surface area contributed by atoms with Crippen LogP contribution in [0.5, 0.6) is 0 Å². The van der Waals surface area contributed by atoms with Gasteiger partial charge in [-0.15, -0.1) is 0 Å². The van der Waals surface area contributed by atoms with Crippen molar-refractivity contribution in [1.82, 2.24) is 19.9 Å². The second-order valence-corrected chi connectivity index (χ2v) is 7.97. The molecule has 3 heterocycles. The molecule has 1 aliphatic rings. The van der Waals surface area contributed by atoms with Crippen molar-refractivity contribution in [2.45, 2.75) is 12.6 Å². The van der Waals surface area contributed by atoms with Crippen molar-refractivity contribution in [2.24, 2.45) is 4.99 Å². The quantitative estimate of drug-likeness (QED) is 0.384. The molecule has 1 unspecified atom stereocenters. The number of rotatable bonds is 5. The molecule has 10 heteroatoms. The molecule has 0 fully saturated rings. The second-order valence-electron chi connectivity index (χ2n) is 6.59. The van der Waals surface area contributed by atoms with Gasteiger partial charge in [0.1, 0.15) is 17.6 Å². The van der Waals surface area contributed by atoms with Gasteiger partial charge in [-0.3, -0.25) is 9.98 Å². The predicted octanol–water partition coefficient (Wildman–Crippen LogP) is 3.89. The molecule has 31 heavy (non-hydrogen) atoms. The van der Waals surface area contributed by atoms with Crippen LogP contribution in [0.3, 0.4) is 0 Å². The van der Waals surface area contributed by atoms with Gasteiger partial charge in [0.2, 0.25) is 0 Å². The van der Waals surface area contributed by atoms with Gasteiger partial charge in [0, 0.05) is 34.9 Å². The van der Waals surface area contributed by atoms with Crippen LogP contribution in [0.25, 0.3) is 0 Å². The van der Waals surface area contributed by atoms with Crippen molar-refractivity contribution < 1.29 is 13.9 Å². The van der Waals surface area contributed by atoms with Crippen molar-refractivity contribution in [3.05, 3.63) is 92.2 Å². The van der Waals surface area contributed by atoms with Crippen molar-refractivity contribution in [2.75, 3.05) is 7.11 Å². The van der Waals surface area contributed by atoms with Gasteiger partial charge in [0.25, 0.3) is 0 Å². The number of pyridine rings is 1. The highest BCUT2D eigenvalue weighted by Gasteiger charge is 2.33. The summed E-state index contributed by atoms with van der Waals surface area (Å²) in [6, 6.07) is 8.63. The number of benzene rings is 1. The van der Waals surface area contributed by atoms with Crippen LogP contribution in [0.2, 0.25) is 5.02 Å². The van der Waals surface area contributed by atoms with Crippen LogP contribution in [0.4, 0.5) is 4.39 Å². The van der Waals surface area contributed by atoms with Crippen LogP contribution in [0, 0.1) is 9.65 Å². The minimum Gasteiger partial charge on any atom is -0.466 e. The first-order valence-corrected chi connectivity index (χ1v) is 10.6. The highest BCUT2D eigenvalue weighted by molar-refractivity contribution is 14.1. The highest BCUT2D eigenvalue weighted by atomic mass is 127. The van der Waals surface area contributed by atoms with Gasteiger partial charge in [-0.1, -0.05) is 23.7 Å². The number of esters is 1. The van der Waals surface area contributed by atoms with E-state index in [0.717, 1.165) is 3.83 Å². The number of allylic oxidation sites excluding steroid dienone is 1. The average molecular weight is 552 g/mol. The van der Waals surface area contributed by atoms with E-state index < -0.39 is 17.8 Å². The molecular weight excluding hydrogens is 536 g/mol. The number of methoxy groups -OCH3 is 1. The number of carbonyl (C=O) groups excluding carboxylic acids is 1. The molecule has 0 radical (unpaired) electrons. The van der Waals surface area contributed by atoms with Gasteiger partial charge < -0.3 is 14.6 Å². The Balaban J connectivity index is 1.90. The number of nitrogens with one attached hydrogen (secondary N) is 1. The first-order chi connectivity index (χ1) is 15.0. The molecule has 0 aliphatic carbocycles. The molecule has 3 aromatic rings. The van der Waals surface area contributed by atoms with E-state index in [-0.39, 0.29) is 10.6 Å². The Kier molecular flexibility index (Phi) is 6.33. The minimum atomic E-state index is -0.810. The molecule has 1 aliphatic heterocycles. The lowest BCUT2D eigenvalue weighted by molar-refractivity contribution is -0.136. The van der Waals surface area contributed by atoms with E-state index in [1.165, 1.54) is 25.3 Å². The number of halogens is 3. The number of hydrogen-bond acceptors (Lipinski definition) is 6. The summed E-state index contributed by atoms with van der Waals surface area (Å²) in [6.45, 7) is 0.309. The zero-order valence-corrected chi connectivity index (χ0v) is 19.1. The van der Waals surface area contributed by atoms with Crippen LogP contribution < -0.4 is 5.32 Å². The van der Waals surface area contributed by atoms with Crippen molar-refractivity contribution >= 4 is 46.0 Å².